The van der Waals surface area contributed by atoms with E-state index in [0.29, 0.717) is 30.0 Å². The first kappa shape index (κ1) is 15.9. The lowest BCUT2D eigenvalue weighted by molar-refractivity contribution is 0.0512. The third-order valence-electron chi connectivity index (χ3n) is 4.49. The summed E-state index contributed by atoms with van der Waals surface area (Å²) in [6.45, 7) is 16.0. The second-order valence-corrected chi connectivity index (χ2v) is 8.02. The molecule has 1 N–H and O–H groups in total. The van der Waals surface area contributed by atoms with E-state index in [1.807, 2.05) is 17.5 Å². The summed E-state index contributed by atoms with van der Waals surface area (Å²) in [5, 5.41) is 4.99. The summed E-state index contributed by atoms with van der Waals surface area (Å²) in [6, 6.07) is 1.61. The van der Waals surface area contributed by atoms with Crippen molar-refractivity contribution >= 4 is 11.3 Å². The Bertz CT molecular complexity index is 427. The van der Waals surface area contributed by atoms with Crippen LogP contribution in [-0.2, 0) is 0 Å². The van der Waals surface area contributed by atoms with Crippen LogP contribution in [-0.4, -0.2) is 35.1 Å². The molecule has 2 rings (SSSR count). The molecule has 1 aliphatic rings. The average Bonchev–Trinajstić information content (AvgIpc) is 2.83. The molecule has 1 fully saturated rings. The van der Waals surface area contributed by atoms with Gasteiger partial charge in [-0.05, 0) is 25.7 Å². The van der Waals surface area contributed by atoms with Crippen molar-refractivity contribution in [3.63, 3.8) is 0 Å². The van der Waals surface area contributed by atoms with Gasteiger partial charge in [0.25, 0.3) is 0 Å². The van der Waals surface area contributed by atoms with Crippen LogP contribution in [0.15, 0.2) is 6.20 Å². The minimum atomic E-state index is 0.421. The highest BCUT2D eigenvalue weighted by Crippen LogP contribution is 2.30. The highest BCUT2D eigenvalue weighted by molar-refractivity contribution is 7.11. The number of aromatic nitrogens is 1. The first-order valence-electron chi connectivity index (χ1n) is 7.81. The van der Waals surface area contributed by atoms with Gasteiger partial charge in [0.2, 0.25) is 0 Å². The van der Waals surface area contributed by atoms with Crippen LogP contribution in [0.2, 0.25) is 0 Å². The van der Waals surface area contributed by atoms with E-state index in [1.165, 1.54) is 9.88 Å². The molecule has 1 aromatic heterocycles. The molecule has 0 saturated carbocycles. The Hall–Kier alpha value is -0.450. The fourth-order valence-electron chi connectivity index (χ4n) is 3.03. The molecule has 0 bridgehead atoms. The predicted octanol–water partition coefficient (Wildman–Crippen LogP) is 3.47. The summed E-state index contributed by atoms with van der Waals surface area (Å²) in [7, 11) is 0. The van der Waals surface area contributed by atoms with Crippen molar-refractivity contribution in [1.29, 1.82) is 0 Å². The molecule has 0 spiro atoms. The lowest BCUT2D eigenvalue weighted by atomic mass is 9.93. The highest BCUT2D eigenvalue weighted by Gasteiger charge is 2.35. The van der Waals surface area contributed by atoms with Gasteiger partial charge in [0.05, 0.1) is 6.04 Å². The van der Waals surface area contributed by atoms with Crippen molar-refractivity contribution < 1.29 is 0 Å². The summed E-state index contributed by atoms with van der Waals surface area (Å²) in [4.78, 5) is 8.59. The molecule has 1 aliphatic heterocycles. The Labute approximate surface area is 127 Å². The molecule has 1 aromatic rings. The zero-order valence-electron chi connectivity index (χ0n) is 13.7. The quantitative estimate of drug-likeness (QED) is 0.922. The van der Waals surface area contributed by atoms with E-state index >= 15 is 0 Å². The summed E-state index contributed by atoms with van der Waals surface area (Å²) >= 11 is 1.84. The standard InChI is InChI=1S/C16H29N3S/c1-10(2)14-9-19(15(8-17-14)11(3)4)13(6)16-18-7-12(5)20-16/h7,10-11,13-15,17H,8-9H2,1-6H3. The Morgan fingerprint density at radius 1 is 1.25 bits per heavy atom. The number of piperazine rings is 1. The van der Waals surface area contributed by atoms with E-state index in [1.54, 1.807) is 0 Å². The number of thiazole rings is 1. The largest absolute Gasteiger partial charge is 0.311 e. The summed E-state index contributed by atoms with van der Waals surface area (Å²) in [5.41, 5.74) is 0. The summed E-state index contributed by atoms with van der Waals surface area (Å²) in [5.74, 6) is 1.34. The minimum absolute atomic E-state index is 0.421. The Morgan fingerprint density at radius 3 is 2.45 bits per heavy atom. The third kappa shape index (κ3) is 3.41. The van der Waals surface area contributed by atoms with Crippen LogP contribution in [0.4, 0.5) is 0 Å². The first-order valence-corrected chi connectivity index (χ1v) is 8.63. The average molecular weight is 295 g/mol. The monoisotopic (exact) mass is 295 g/mol. The highest BCUT2D eigenvalue weighted by atomic mass is 32.1. The van der Waals surface area contributed by atoms with Crippen LogP contribution in [0.5, 0.6) is 0 Å². The lowest BCUT2D eigenvalue weighted by Gasteiger charge is -2.46. The predicted molar refractivity (Wildman–Crippen MR) is 87.2 cm³/mol. The van der Waals surface area contributed by atoms with Crippen LogP contribution in [0, 0.1) is 18.8 Å². The maximum Gasteiger partial charge on any atom is 0.110 e. The molecule has 4 heteroatoms. The third-order valence-corrected chi connectivity index (χ3v) is 5.57. The molecule has 0 radical (unpaired) electrons. The number of nitrogens with zero attached hydrogens (tertiary/aromatic N) is 2. The molecule has 3 atom stereocenters. The summed E-state index contributed by atoms with van der Waals surface area (Å²) < 4.78 is 0. The Morgan fingerprint density at radius 2 is 1.95 bits per heavy atom. The molecule has 0 amide bonds. The SMILES string of the molecule is Cc1cnc(C(C)N2CC(C(C)C)NCC2C(C)C)s1. The number of hydrogen-bond acceptors (Lipinski definition) is 4. The molecular weight excluding hydrogens is 266 g/mol. The van der Waals surface area contributed by atoms with Crippen LogP contribution in [0.1, 0.15) is 50.5 Å². The number of aryl methyl sites for hydroxylation is 1. The summed E-state index contributed by atoms with van der Waals surface area (Å²) in [6.07, 6.45) is 2.00. The van der Waals surface area contributed by atoms with Gasteiger partial charge in [-0.1, -0.05) is 27.7 Å². The molecule has 1 saturated heterocycles. The minimum Gasteiger partial charge on any atom is -0.311 e. The molecule has 3 unspecified atom stereocenters. The van der Waals surface area contributed by atoms with Gasteiger partial charge in [-0.2, -0.15) is 0 Å². The van der Waals surface area contributed by atoms with Gasteiger partial charge in [-0.25, -0.2) is 4.98 Å². The van der Waals surface area contributed by atoms with Gasteiger partial charge in [-0.3, -0.25) is 4.90 Å². The van der Waals surface area contributed by atoms with Gasteiger partial charge in [0, 0.05) is 36.2 Å². The molecule has 114 valence electrons. The van der Waals surface area contributed by atoms with E-state index in [9.17, 15) is 0 Å². The fourth-order valence-corrected chi connectivity index (χ4v) is 3.88. The van der Waals surface area contributed by atoms with Crippen molar-refractivity contribution in [2.75, 3.05) is 13.1 Å². The Balaban J connectivity index is 2.18. The molecule has 20 heavy (non-hydrogen) atoms. The van der Waals surface area contributed by atoms with Crippen LogP contribution in [0.25, 0.3) is 0 Å². The second-order valence-electron chi connectivity index (χ2n) is 6.75. The van der Waals surface area contributed by atoms with E-state index < -0.39 is 0 Å². The van der Waals surface area contributed by atoms with Crippen molar-refractivity contribution in [2.45, 2.75) is 59.7 Å². The maximum absolute atomic E-state index is 4.61. The van der Waals surface area contributed by atoms with E-state index in [4.69, 9.17) is 0 Å². The number of rotatable bonds is 4. The molecule has 2 heterocycles. The lowest BCUT2D eigenvalue weighted by Crippen LogP contribution is -2.60. The van der Waals surface area contributed by atoms with Crippen LogP contribution in [0.3, 0.4) is 0 Å². The van der Waals surface area contributed by atoms with E-state index in [-0.39, 0.29) is 0 Å². The van der Waals surface area contributed by atoms with Gasteiger partial charge in [0.1, 0.15) is 5.01 Å². The van der Waals surface area contributed by atoms with E-state index in [2.05, 4.69) is 56.7 Å². The van der Waals surface area contributed by atoms with E-state index in [0.717, 1.165) is 13.1 Å². The molecular formula is C16H29N3S. The second kappa shape index (κ2) is 6.54. The van der Waals surface area contributed by atoms with Gasteiger partial charge >= 0.3 is 0 Å². The van der Waals surface area contributed by atoms with Gasteiger partial charge in [-0.15, -0.1) is 11.3 Å². The van der Waals surface area contributed by atoms with Crippen LogP contribution < -0.4 is 5.32 Å². The van der Waals surface area contributed by atoms with Gasteiger partial charge < -0.3 is 5.32 Å². The molecule has 0 aromatic carbocycles. The molecule has 0 aliphatic carbocycles. The normalized spacial score (nSPS) is 26.4. The molecule has 3 nitrogen and oxygen atoms in total. The smallest absolute Gasteiger partial charge is 0.110 e. The fraction of sp³-hybridized carbons (Fsp3) is 0.812. The zero-order valence-corrected chi connectivity index (χ0v) is 14.5. The number of hydrogen-bond donors (Lipinski definition) is 1. The van der Waals surface area contributed by atoms with Crippen molar-refractivity contribution in [3.05, 3.63) is 16.1 Å². The topological polar surface area (TPSA) is 28.2 Å². The first-order chi connectivity index (χ1) is 9.40. The maximum atomic E-state index is 4.61. The van der Waals surface area contributed by atoms with Gasteiger partial charge in [0.15, 0.2) is 0 Å². The van der Waals surface area contributed by atoms with Crippen LogP contribution >= 0.6 is 11.3 Å². The van der Waals surface area contributed by atoms with Crippen molar-refractivity contribution in [2.24, 2.45) is 11.8 Å². The van der Waals surface area contributed by atoms with Crippen molar-refractivity contribution in [3.8, 4) is 0 Å². The Kier molecular flexibility index (Phi) is 5.21. The zero-order chi connectivity index (χ0) is 14.9. The van der Waals surface area contributed by atoms with Crippen molar-refractivity contribution in [1.82, 2.24) is 15.2 Å². The number of nitrogens with one attached hydrogen (secondary N) is 1.